The highest BCUT2D eigenvalue weighted by molar-refractivity contribution is 14.1. The number of likely N-dealkylation sites (N-methyl/N-ethyl adjacent to an activating group) is 1. The van der Waals surface area contributed by atoms with Gasteiger partial charge in [0.25, 0.3) is 0 Å². The smallest absolute Gasteiger partial charge is 0.131 e. The summed E-state index contributed by atoms with van der Waals surface area (Å²) in [6, 6.07) is 15.2. The van der Waals surface area contributed by atoms with Crippen LogP contribution in [0.15, 0.2) is 42.5 Å². The highest BCUT2D eigenvalue weighted by Gasteiger charge is 2.38. The maximum atomic E-state index is 6.25. The number of para-hydroxylation sites is 1. The second-order valence-electron chi connectivity index (χ2n) is 6.08. The third-order valence-electron chi connectivity index (χ3n) is 4.67. The van der Waals surface area contributed by atoms with E-state index in [4.69, 9.17) is 4.74 Å². The number of hydrogen-bond acceptors (Lipinski definition) is 2. The molecule has 2 aromatic carbocycles. The van der Waals surface area contributed by atoms with E-state index < -0.39 is 0 Å². The third-order valence-corrected chi connectivity index (χ3v) is 5.55. The lowest BCUT2D eigenvalue weighted by Crippen LogP contribution is -2.14. The Hall–Kier alpha value is -1.07. The number of likely N-dealkylation sites (tertiary alicyclic amines) is 1. The van der Waals surface area contributed by atoms with Crippen molar-refractivity contribution in [2.75, 3.05) is 20.1 Å². The number of alkyl halides is 1. The standard InChI is InChI=1S/C18H18INO/c1-20-10-15-13-4-2-3-5-17(13)21-18-7-6-12(9-19)8-14(18)16(15)11-20/h2-8,15-16H,9-11H2,1H3/t15-,16-/m1/s1. The highest BCUT2D eigenvalue weighted by Crippen LogP contribution is 2.49. The van der Waals surface area contributed by atoms with Crippen molar-refractivity contribution in [3.05, 3.63) is 59.2 Å². The topological polar surface area (TPSA) is 12.5 Å². The Morgan fingerprint density at radius 1 is 1.05 bits per heavy atom. The SMILES string of the molecule is CN1C[C@@H]2c3ccccc3Oc3ccc(CI)cc3[C@H]2C1. The molecule has 0 N–H and O–H groups in total. The quantitative estimate of drug-likeness (QED) is 0.523. The molecule has 0 aromatic heterocycles. The fourth-order valence-corrected chi connectivity index (χ4v) is 4.17. The first kappa shape index (κ1) is 13.6. The Kier molecular flexibility index (Phi) is 3.42. The summed E-state index contributed by atoms with van der Waals surface area (Å²) < 4.78 is 7.30. The summed E-state index contributed by atoms with van der Waals surface area (Å²) in [5.41, 5.74) is 4.13. The maximum Gasteiger partial charge on any atom is 0.131 e. The van der Waals surface area contributed by atoms with Crippen LogP contribution >= 0.6 is 22.6 Å². The molecule has 0 amide bonds. The molecule has 0 unspecified atom stereocenters. The van der Waals surface area contributed by atoms with Gasteiger partial charge in [-0.05, 0) is 30.3 Å². The minimum absolute atomic E-state index is 0.538. The van der Waals surface area contributed by atoms with Gasteiger partial charge in [0.15, 0.2) is 0 Å². The van der Waals surface area contributed by atoms with Gasteiger partial charge in [-0.3, -0.25) is 0 Å². The molecule has 2 heterocycles. The Morgan fingerprint density at radius 3 is 2.57 bits per heavy atom. The minimum Gasteiger partial charge on any atom is -0.457 e. The summed E-state index contributed by atoms with van der Waals surface area (Å²) >= 11 is 2.43. The second-order valence-corrected chi connectivity index (χ2v) is 6.84. The summed E-state index contributed by atoms with van der Waals surface area (Å²) in [4.78, 5) is 2.44. The first-order chi connectivity index (χ1) is 10.3. The van der Waals surface area contributed by atoms with Crippen molar-refractivity contribution in [2.24, 2.45) is 0 Å². The van der Waals surface area contributed by atoms with Crippen LogP contribution < -0.4 is 4.74 Å². The van der Waals surface area contributed by atoms with Gasteiger partial charge >= 0.3 is 0 Å². The van der Waals surface area contributed by atoms with Crippen LogP contribution in [0.2, 0.25) is 0 Å². The minimum atomic E-state index is 0.538. The molecule has 2 aliphatic heterocycles. The van der Waals surface area contributed by atoms with Crippen LogP contribution in [0.5, 0.6) is 11.5 Å². The van der Waals surface area contributed by atoms with Gasteiger partial charge in [0.05, 0.1) is 0 Å². The molecule has 2 aromatic rings. The molecule has 3 heteroatoms. The lowest BCUT2D eigenvalue weighted by atomic mass is 9.84. The largest absolute Gasteiger partial charge is 0.457 e. The zero-order valence-corrected chi connectivity index (χ0v) is 14.2. The molecule has 2 nitrogen and oxygen atoms in total. The van der Waals surface area contributed by atoms with Gasteiger partial charge in [-0.2, -0.15) is 0 Å². The predicted molar refractivity (Wildman–Crippen MR) is 93.7 cm³/mol. The van der Waals surface area contributed by atoms with E-state index in [1.807, 2.05) is 0 Å². The zero-order valence-electron chi connectivity index (χ0n) is 12.1. The van der Waals surface area contributed by atoms with Crippen molar-refractivity contribution in [3.63, 3.8) is 0 Å². The summed E-state index contributed by atoms with van der Waals surface area (Å²) in [7, 11) is 2.22. The van der Waals surface area contributed by atoms with E-state index in [1.54, 1.807) is 0 Å². The van der Waals surface area contributed by atoms with Gasteiger partial charge < -0.3 is 9.64 Å². The van der Waals surface area contributed by atoms with Crippen LogP contribution in [0.1, 0.15) is 28.5 Å². The van der Waals surface area contributed by atoms with Gasteiger partial charge in [-0.1, -0.05) is 52.9 Å². The Morgan fingerprint density at radius 2 is 1.76 bits per heavy atom. The van der Waals surface area contributed by atoms with Crippen molar-refractivity contribution >= 4 is 22.6 Å². The van der Waals surface area contributed by atoms with E-state index in [-0.39, 0.29) is 0 Å². The number of hydrogen-bond donors (Lipinski definition) is 0. The molecule has 2 atom stereocenters. The Balaban J connectivity index is 1.90. The van der Waals surface area contributed by atoms with Crippen LogP contribution in [-0.2, 0) is 4.43 Å². The fourth-order valence-electron chi connectivity index (χ4n) is 3.69. The number of nitrogens with zero attached hydrogens (tertiary/aromatic N) is 1. The van der Waals surface area contributed by atoms with E-state index in [0.717, 1.165) is 29.0 Å². The number of ether oxygens (including phenoxy) is 1. The van der Waals surface area contributed by atoms with E-state index >= 15 is 0 Å². The average Bonchev–Trinajstić information content (AvgIpc) is 2.84. The van der Waals surface area contributed by atoms with Crippen molar-refractivity contribution < 1.29 is 4.74 Å². The average molecular weight is 391 g/mol. The lowest BCUT2D eigenvalue weighted by molar-refractivity contribution is 0.401. The lowest BCUT2D eigenvalue weighted by Gasteiger charge is -2.17. The van der Waals surface area contributed by atoms with E-state index in [0.29, 0.717) is 11.8 Å². The molecular formula is C18H18INO. The second kappa shape index (κ2) is 5.29. The Bertz CT molecular complexity index is 685. The number of halogens is 1. The summed E-state index contributed by atoms with van der Waals surface area (Å²) in [6.07, 6.45) is 0. The number of fused-ring (bicyclic) bond motifs is 5. The van der Waals surface area contributed by atoms with Crippen molar-refractivity contribution in [1.82, 2.24) is 4.90 Å². The normalized spacial score (nSPS) is 23.7. The molecule has 4 rings (SSSR count). The van der Waals surface area contributed by atoms with E-state index in [1.165, 1.54) is 16.7 Å². The van der Waals surface area contributed by atoms with Crippen LogP contribution in [0.4, 0.5) is 0 Å². The van der Waals surface area contributed by atoms with Gasteiger partial charge in [-0.15, -0.1) is 0 Å². The number of benzene rings is 2. The summed E-state index contributed by atoms with van der Waals surface area (Å²) in [6.45, 7) is 2.22. The molecular weight excluding hydrogens is 373 g/mol. The van der Waals surface area contributed by atoms with Gasteiger partial charge in [0.1, 0.15) is 11.5 Å². The van der Waals surface area contributed by atoms with E-state index in [9.17, 15) is 0 Å². The highest BCUT2D eigenvalue weighted by atomic mass is 127. The molecule has 0 aliphatic carbocycles. The molecule has 0 bridgehead atoms. The third kappa shape index (κ3) is 2.27. The van der Waals surface area contributed by atoms with Crippen LogP contribution in [0.25, 0.3) is 0 Å². The molecule has 0 radical (unpaired) electrons. The molecule has 0 spiro atoms. The molecule has 0 saturated carbocycles. The predicted octanol–water partition coefficient (Wildman–Crippen LogP) is 4.54. The van der Waals surface area contributed by atoms with Crippen molar-refractivity contribution in [1.29, 1.82) is 0 Å². The first-order valence-electron chi connectivity index (χ1n) is 7.40. The van der Waals surface area contributed by atoms with Gasteiger partial charge in [0.2, 0.25) is 0 Å². The van der Waals surface area contributed by atoms with Crippen LogP contribution in [0, 0.1) is 0 Å². The Labute approximate surface area is 139 Å². The van der Waals surface area contributed by atoms with Crippen molar-refractivity contribution in [3.8, 4) is 11.5 Å². The summed E-state index contributed by atoms with van der Waals surface area (Å²) in [5.74, 6) is 3.15. The molecule has 108 valence electrons. The van der Waals surface area contributed by atoms with Crippen LogP contribution in [0.3, 0.4) is 0 Å². The van der Waals surface area contributed by atoms with Crippen molar-refractivity contribution in [2.45, 2.75) is 16.3 Å². The van der Waals surface area contributed by atoms with Gasteiger partial charge in [0, 0.05) is 34.9 Å². The molecule has 1 fully saturated rings. The molecule has 21 heavy (non-hydrogen) atoms. The first-order valence-corrected chi connectivity index (χ1v) is 8.93. The molecule has 2 aliphatic rings. The summed E-state index contributed by atoms with van der Waals surface area (Å²) in [5, 5.41) is 0. The fraction of sp³-hybridized carbons (Fsp3) is 0.333. The monoisotopic (exact) mass is 391 g/mol. The maximum absolute atomic E-state index is 6.25. The number of rotatable bonds is 1. The zero-order chi connectivity index (χ0) is 14.4. The van der Waals surface area contributed by atoms with Gasteiger partial charge in [-0.25, -0.2) is 0 Å². The molecule has 1 saturated heterocycles. The van der Waals surface area contributed by atoms with Crippen LogP contribution in [-0.4, -0.2) is 25.0 Å². The van der Waals surface area contributed by atoms with E-state index in [2.05, 4.69) is 77.0 Å².